The van der Waals surface area contributed by atoms with Crippen molar-refractivity contribution in [1.29, 1.82) is 0 Å². The summed E-state index contributed by atoms with van der Waals surface area (Å²) in [7, 11) is 1.68. The number of hydrogen-bond acceptors (Lipinski definition) is 5. The third-order valence-electron chi connectivity index (χ3n) is 3.77. The summed E-state index contributed by atoms with van der Waals surface area (Å²) in [5.74, 6) is 0.279. The Labute approximate surface area is 138 Å². The highest BCUT2D eigenvalue weighted by molar-refractivity contribution is 7.09. The largest absolute Gasteiger partial charge is 0.482 e. The molecule has 1 aromatic heterocycles. The van der Waals surface area contributed by atoms with Crippen LogP contribution in [0.1, 0.15) is 34.8 Å². The van der Waals surface area contributed by atoms with Crippen LogP contribution in [0, 0.1) is 0 Å². The van der Waals surface area contributed by atoms with Crippen LogP contribution in [0.15, 0.2) is 29.8 Å². The van der Waals surface area contributed by atoms with Crippen molar-refractivity contribution < 1.29 is 14.3 Å². The maximum absolute atomic E-state index is 12.5. The number of carbonyl (C=O) groups is 2. The van der Waals surface area contributed by atoms with Crippen molar-refractivity contribution in [2.45, 2.75) is 19.4 Å². The SMILES string of the molecule is CCC(NC(=O)c1ccc2c(c1)N(C)C(=O)CO2)c1nccs1. The molecule has 120 valence electrons. The molecule has 1 unspecified atom stereocenters. The number of amides is 2. The molecule has 1 aromatic carbocycles. The first-order valence-electron chi connectivity index (χ1n) is 7.33. The molecule has 0 saturated heterocycles. The fourth-order valence-electron chi connectivity index (χ4n) is 2.40. The Bertz CT molecular complexity index is 730. The molecule has 0 aliphatic carbocycles. The molecule has 1 atom stereocenters. The number of rotatable bonds is 4. The van der Waals surface area contributed by atoms with Crippen molar-refractivity contribution in [1.82, 2.24) is 10.3 Å². The Balaban J connectivity index is 1.81. The quantitative estimate of drug-likeness (QED) is 0.934. The standard InChI is InChI=1S/C16H17N3O3S/c1-3-11(16-17-6-7-23-16)18-15(21)10-4-5-13-12(8-10)19(2)14(20)9-22-13/h4-8,11H,3,9H2,1-2H3,(H,18,21). The Hall–Kier alpha value is -2.41. The molecule has 0 fully saturated rings. The number of thiazole rings is 1. The Morgan fingerprint density at radius 3 is 3.04 bits per heavy atom. The molecule has 0 radical (unpaired) electrons. The van der Waals surface area contributed by atoms with E-state index in [9.17, 15) is 9.59 Å². The lowest BCUT2D eigenvalue weighted by molar-refractivity contribution is -0.120. The van der Waals surface area contributed by atoms with Crippen LogP contribution < -0.4 is 15.0 Å². The van der Waals surface area contributed by atoms with Crippen LogP contribution in [0.25, 0.3) is 0 Å². The number of nitrogens with one attached hydrogen (secondary N) is 1. The van der Waals surface area contributed by atoms with E-state index in [0.29, 0.717) is 17.0 Å². The van der Waals surface area contributed by atoms with E-state index in [0.717, 1.165) is 11.4 Å². The number of anilines is 1. The van der Waals surface area contributed by atoms with Gasteiger partial charge in [0.1, 0.15) is 10.8 Å². The van der Waals surface area contributed by atoms with Crippen LogP contribution in [0.2, 0.25) is 0 Å². The number of aromatic nitrogens is 1. The highest BCUT2D eigenvalue weighted by Gasteiger charge is 2.24. The van der Waals surface area contributed by atoms with E-state index in [1.807, 2.05) is 12.3 Å². The molecule has 1 N–H and O–H groups in total. The fraction of sp³-hybridized carbons (Fsp3) is 0.312. The lowest BCUT2D eigenvalue weighted by atomic mass is 10.1. The van der Waals surface area contributed by atoms with E-state index in [1.165, 1.54) is 16.2 Å². The van der Waals surface area contributed by atoms with Gasteiger partial charge in [-0.3, -0.25) is 9.59 Å². The molecule has 3 rings (SSSR count). The van der Waals surface area contributed by atoms with Gasteiger partial charge in [-0.2, -0.15) is 0 Å². The zero-order valence-electron chi connectivity index (χ0n) is 12.9. The topological polar surface area (TPSA) is 71.5 Å². The Morgan fingerprint density at radius 1 is 1.52 bits per heavy atom. The van der Waals surface area contributed by atoms with E-state index < -0.39 is 0 Å². The molecule has 2 heterocycles. The third kappa shape index (κ3) is 3.05. The van der Waals surface area contributed by atoms with Crippen LogP contribution in [0.5, 0.6) is 5.75 Å². The van der Waals surface area contributed by atoms with Gasteiger partial charge in [-0.15, -0.1) is 11.3 Å². The summed E-state index contributed by atoms with van der Waals surface area (Å²) in [5, 5.41) is 5.76. The lowest BCUT2D eigenvalue weighted by Crippen LogP contribution is -2.36. The molecule has 6 nitrogen and oxygen atoms in total. The predicted molar refractivity (Wildman–Crippen MR) is 88.0 cm³/mol. The van der Waals surface area contributed by atoms with Crippen molar-refractivity contribution >= 4 is 28.8 Å². The average molecular weight is 331 g/mol. The first-order valence-corrected chi connectivity index (χ1v) is 8.21. The normalized spacial score (nSPS) is 14.9. The van der Waals surface area contributed by atoms with Gasteiger partial charge in [-0.25, -0.2) is 4.98 Å². The number of benzene rings is 1. The number of likely N-dealkylation sites (N-methyl/N-ethyl adjacent to an activating group) is 1. The monoisotopic (exact) mass is 331 g/mol. The number of ether oxygens (including phenoxy) is 1. The predicted octanol–water partition coefficient (Wildman–Crippen LogP) is 2.38. The van der Waals surface area contributed by atoms with E-state index in [1.54, 1.807) is 31.4 Å². The summed E-state index contributed by atoms with van der Waals surface area (Å²) in [6, 6.07) is 4.98. The zero-order valence-corrected chi connectivity index (χ0v) is 13.7. The second-order valence-electron chi connectivity index (χ2n) is 5.23. The molecule has 0 spiro atoms. The average Bonchev–Trinajstić information content (AvgIpc) is 3.10. The van der Waals surface area contributed by atoms with Crippen LogP contribution in [0.3, 0.4) is 0 Å². The van der Waals surface area contributed by atoms with E-state index >= 15 is 0 Å². The minimum absolute atomic E-state index is 0.0248. The number of fused-ring (bicyclic) bond motifs is 1. The molecular weight excluding hydrogens is 314 g/mol. The van der Waals surface area contributed by atoms with Crippen molar-refractivity contribution in [2.24, 2.45) is 0 Å². The highest BCUT2D eigenvalue weighted by Crippen LogP contribution is 2.32. The molecule has 1 aliphatic heterocycles. The van der Waals surface area contributed by atoms with Crippen molar-refractivity contribution in [2.75, 3.05) is 18.6 Å². The van der Waals surface area contributed by atoms with E-state index in [2.05, 4.69) is 10.3 Å². The van der Waals surface area contributed by atoms with Crippen molar-refractivity contribution in [3.8, 4) is 5.75 Å². The Kier molecular flexibility index (Phi) is 4.29. The summed E-state index contributed by atoms with van der Waals surface area (Å²) in [6.07, 6.45) is 2.48. The van der Waals surface area contributed by atoms with Crippen molar-refractivity contribution in [3.63, 3.8) is 0 Å². The summed E-state index contributed by atoms with van der Waals surface area (Å²) < 4.78 is 5.37. The van der Waals surface area contributed by atoms with Crippen molar-refractivity contribution in [3.05, 3.63) is 40.3 Å². The molecule has 0 saturated carbocycles. The van der Waals surface area contributed by atoms with E-state index in [-0.39, 0.29) is 24.5 Å². The second-order valence-corrected chi connectivity index (χ2v) is 6.15. The molecule has 2 aromatic rings. The van der Waals surface area contributed by atoms with Gasteiger partial charge < -0.3 is 15.0 Å². The number of carbonyl (C=O) groups excluding carboxylic acids is 2. The van der Waals surface area contributed by atoms with Gasteiger partial charge in [-0.1, -0.05) is 6.92 Å². The van der Waals surface area contributed by atoms with Gasteiger partial charge >= 0.3 is 0 Å². The van der Waals surface area contributed by atoms with Crippen LogP contribution in [-0.2, 0) is 4.79 Å². The van der Waals surface area contributed by atoms with Crippen LogP contribution in [0.4, 0.5) is 5.69 Å². The zero-order chi connectivity index (χ0) is 16.4. The van der Waals surface area contributed by atoms with Gasteiger partial charge in [0.05, 0.1) is 11.7 Å². The first-order chi connectivity index (χ1) is 11.1. The number of hydrogen-bond donors (Lipinski definition) is 1. The Morgan fingerprint density at radius 2 is 2.35 bits per heavy atom. The van der Waals surface area contributed by atoms with Gasteiger partial charge in [-0.05, 0) is 24.6 Å². The van der Waals surface area contributed by atoms with Gasteiger partial charge in [0.15, 0.2) is 6.61 Å². The summed E-state index contributed by atoms with van der Waals surface area (Å²) in [4.78, 5) is 30.0. The summed E-state index contributed by atoms with van der Waals surface area (Å²) >= 11 is 1.52. The fourth-order valence-corrected chi connectivity index (χ4v) is 3.17. The smallest absolute Gasteiger partial charge is 0.264 e. The van der Waals surface area contributed by atoms with Crippen LogP contribution in [-0.4, -0.2) is 30.5 Å². The van der Waals surface area contributed by atoms with Gasteiger partial charge in [0, 0.05) is 24.2 Å². The first kappa shape index (κ1) is 15.5. The summed E-state index contributed by atoms with van der Waals surface area (Å²) in [5.41, 5.74) is 1.10. The second kappa shape index (κ2) is 6.37. The van der Waals surface area contributed by atoms with Crippen LogP contribution >= 0.6 is 11.3 Å². The highest BCUT2D eigenvalue weighted by atomic mass is 32.1. The third-order valence-corrected chi connectivity index (χ3v) is 4.66. The molecule has 23 heavy (non-hydrogen) atoms. The lowest BCUT2D eigenvalue weighted by Gasteiger charge is -2.26. The maximum Gasteiger partial charge on any atom is 0.264 e. The maximum atomic E-state index is 12.5. The van der Waals surface area contributed by atoms with E-state index in [4.69, 9.17) is 4.74 Å². The molecule has 7 heteroatoms. The van der Waals surface area contributed by atoms with Gasteiger partial charge in [0.2, 0.25) is 0 Å². The molecule has 2 amide bonds. The minimum Gasteiger partial charge on any atom is -0.482 e. The number of nitrogens with zero attached hydrogens (tertiary/aromatic N) is 2. The minimum atomic E-state index is -0.193. The van der Waals surface area contributed by atoms with Gasteiger partial charge in [0.25, 0.3) is 11.8 Å². The summed E-state index contributed by atoms with van der Waals surface area (Å²) in [6.45, 7) is 2.02. The molecular formula is C16H17N3O3S. The molecule has 1 aliphatic rings. The molecule has 0 bridgehead atoms.